The van der Waals surface area contributed by atoms with Gasteiger partial charge in [0.2, 0.25) is 0 Å². The Balaban J connectivity index is 1.60. The maximum absolute atomic E-state index is 12.7. The summed E-state index contributed by atoms with van der Waals surface area (Å²) in [7, 11) is 1.79. The van der Waals surface area contributed by atoms with E-state index in [2.05, 4.69) is 4.98 Å². The Kier molecular flexibility index (Phi) is 5.73. The Labute approximate surface area is 157 Å². The van der Waals surface area contributed by atoms with Crippen LogP contribution in [0, 0.1) is 13.8 Å². The number of hydrogen-bond acceptors (Lipinski definition) is 5. The summed E-state index contributed by atoms with van der Waals surface area (Å²) in [6, 6.07) is 11.4. The lowest BCUT2D eigenvalue weighted by molar-refractivity contribution is 0.0760. The number of aromatic nitrogens is 1. The molecular weight excluding hydrogens is 348 g/mol. The minimum Gasteiger partial charge on any atom is -0.486 e. The molecule has 0 aliphatic rings. The van der Waals surface area contributed by atoms with Crippen molar-refractivity contribution < 1.29 is 13.9 Å². The second-order valence-corrected chi connectivity index (χ2v) is 7.10. The van der Waals surface area contributed by atoms with Gasteiger partial charge in [-0.25, -0.2) is 4.98 Å². The Morgan fingerprint density at radius 1 is 1.27 bits per heavy atom. The predicted octanol–water partition coefficient (Wildman–Crippen LogP) is 4.25. The minimum atomic E-state index is -0.115. The Hall–Kier alpha value is -2.60. The van der Waals surface area contributed by atoms with Crippen LogP contribution in [-0.2, 0) is 13.0 Å². The van der Waals surface area contributed by atoms with Gasteiger partial charge in [-0.05, 0) is 32.0 Å². The minimum absolute atomic E-state index is 0.115. The molecule has 6 heteroatoms. The number of thiazole rings is 1. The van der Waals surface area contributed by atoms with E-state index in [4.69, 9.17) is 9.15 Å². The summed E-state index contributed by atoms with van der Waals surface area (Å²) in [5.74, 6) is 1.67. The first-order chi connectivity index (χ1) is 12.5. The number of carbonyl (C=O) groups excluding carboxylic acids is 1. The van der Waals surface area contributed by atoms with Gasteiger partial charge >= 0.3 is 0 Å². The van der Waals surface area contributed by atoms with Crippen LogP contribution in [0.25, 0.3) is 0 Å². The molecule has 2 aromatic heterocycles. The number of hydrogen-bond donors (Lipinski definition) is 0. The van der Waals surface area contributed by atoms with Crippen LogP contribution in [-0.4, -0.2) is 29.4 Å². The van der Waals surface area contributed by atoms with Gasteiger partial charge in [-0.3, -0.25) is 4.79 Å². The number of aryl methyl sites for hydroxylation is 2. The fraction of sp³-hybridized carbons (Fsp3) is 0.300. The van der Waals surface area contributed by atoms with Crippen LogP contribution < -0.4 is 4.74 Å². The zero-order valence-electron chi connectivity index (χ0n) is 15.2. The first kappa shape index (κ1) is 18.2. The van der Waals surface area contributed by atoms with Crippen molar-refractivity contribution in [1.82, 2.24) is 9.88 Å². The second-order valence-electron chi connectivity index (χ2n) is 6.16. The Morgan fingerprint density at radius 3 is 2.73 bits per heavy atom. The van der Waals surface area contributed by atoms with E-state index in [1.54, 1.807) is 23.3 Å². The van der Waals surface area contributed by atoms with Crippen LogP contribution in [0.2, 0.25) is 0 Å². The lowest BCUT2D eigenvalue weighted by atomic mass is 10.2. The van der Waals surface area contributed by atoms with Gasteiger partial charge in [0.15, 0.2) is 5.76 Å². The maximum Gasteiger partial charge on any atom is 0.289 e. The number of nitrogens with zero attached hydrogens (tertiary/aromatic N) is 2. The maximum atomic E-state index is 12.7. The first-order valence-corrected chi connectivity index (χ1v) is 9.34. The van der Waals surface area contributed by atoms with E-state index in [1.807, 2.05) is 55.8 Å². The third-order valence-electron chi connectivity index (χ3n) is 4.15. The van der Waals surface area contributed by atoms with Crippen LogP contribution >= 0.6 is 11.3 Å². The molecule has 0 N–H and O–H groups in total. The van der Waals surface area contributed by atoms with Gasteiger partial charge in [0.1, 0.15) is 18.1 Å². The standard InChI is InChI=1S/C20H22N2O3S/c1-14-11-17(12-24-16-7-5-4-6-8-16)25-19(14)20(23)22(3)10-9-18-15(2)21-13-26-18/h4-8,11,13H,9-10,12H2,1-3H3. The highest BCUT2D eigenvalue weighted by Gasteiger charge is 2.20. The number of furan rings is 1. The monoisotopic (exact) mass is 370 g/mol. The molecule has 1 amide bonds. The van der Waals surface area contributed by atoms with Crippen molar-refractivity contribution in [2.75, 3.05) is 13.6 Å². The number of benzene rings is 1. The molecule has 5 nitrogen and oxygen atoms in total. The first-order valence-electron chi connectivity index (χ1n) is 8.46. The molecule has 2 heterocycles. The van der Waals surface area contributed by atoms with Crippen molar-refractivity contribution in [2.24, 2.45) is 0 Å². The summed E-state index contributed by atoms with van der Waals surface area (Å²) in [6.07, 6.45) is 0.794. The van der Waals surface area contributed by atoms with Crippen molar-refractivity contribution in [3.63, 3.8) is 0 Å². The highest BCUT2D eigenvalue weighted by atomic mass is 32.1. The van der Waals surface area contributed by atoms with E-state index in [1.165, 1.54) is 4.88 Å². The van der Waals surface area contributed by atoms with Gasteiger partial charge in [-0.2, -0.15) is 0 Å². The molecule has 0 unspecified atom stereocenters. The number of para-hydroxylation sites is 1. The number of ether oxygens (including phenoxy) is 1. The second kappa shape index (κ2) is 8.19. The van der Waals surface area contributed by atoms with E-state index in [9.17, 15) is 4.79 Å². The van der Waals surface area contributed by atoms with Crippen molar-refractivity contribution in [3.05, 3.63) is 69.6 Å². The topological polar surface area (TPSA) is 55.6 Å². The molecule has 136 valence electrons. The van der Waals surface area contributed by atoms with Gasteiger partial charge in [-0.1, -0.05) is 18.2 Å². The summed E-state index contributed by atoms with van der Waals surface area (Å²) in [4.78, 5) is 19.8. The summed E-state index contributed by atoms with van der Waals surface area (Å²) in [6.45, 7) is 4.78. The molecule has 3 rings (SSSR count). The lowest BCUT2D eigenvalue weighted by Crippen LogP contribution is -2.29. The number of carbonyl (C=O) groups is 1. The molecule has 0 aliphatic heterocycles. The van der Waals surface area contributed by atoms with Crippen LogP contribution in [0.4, 0.5) is 0 Å². The number of rotatable bonds is 7. The van der Waals surface area contributed by atoms with E-state index in [-0.39, 0.29) is 5.91 Å². The van der Waals surface area contributed by atoms with Gasteiger partial charge in [-0.15, -0.1) is 11.3 Å². The van der Waals surface area contributed by atoms with Gasteiger partial charge in [0, 0.05) is 30.5 Å². The molecule has 1 aromatic carbocycles. The third-order valence-corrected chi connectivity index (χ3v) is 5.15. The molecule has 0 fully saturated rings. The van der Waals surface area contributed by atoms with E-state index in [0.29, 0.717) is 24.7 Å². The van der Waals surface area contributed by atoms with Gasteiger partial charge in [0.25, 0.3) is 5.91 Å². The molecule has 0 atom stereocenters. The fourth-order valence-corrected chi connectivity index (χ4v) is 3.38. The summed E-state index contributed by atoms with van der Waals surface area (Å²) >= 11 is 1.62. The molecule has 3 aromatic rings. The third kappa shape index (κ3) is 4.32. The van der Waals surface area contributed by atoms with Crippen molar-refractivity contribution >= 4 is 17.2 Å². The molecule has 0 bridgehead atoms. The predicted molar refractivity (Wildman–Crippen MR) is 102 cm³/mol. The Morgan fingerprint density at radius 2 is 2.04 bits per heavy atom. The average molecular weight is 370 g/mol. The molecule has 0 spiro atoms. The lowest BCUT2D eigenvalue weighted by Gasteiger charge is -2.15. The Bertz CT molecular complexity index is 870. The van der Waals surface area contributed by atoms with E-state index in [0.717, 1.165) is 23.4 Å². The summed E-state index contributed by atoms with van der Waals surface area (Å²) < 4.78 is 11.4. The molecule has 26 heavy (non-hydrogen) atoms. The van der Waals surface area contributed by atoms with Crippen molar-refractivity contribution in [3.8, 4) is 5.75 Å². The molecule has 0 aliphatic carbocycles. The zero-order valence-corrected chi connectivity index (χ0v) is 16.0. The van der Waals surface area contributed by atoms with Crippen LogP contribution in [0.3, 0.4) is 0 Å². The fourth-order valence-electron chi connectivity index (χ4n) is 2.61. The SMILES string of the molecule is Cc1cc(COc2ccccc2)oc1C(=O)N(C)CCc1scnc1C. The smallest absolute Gasteiger partial charge is 0.289 e. The van der Waals surface area contributed by atoms with E-state index >= 15 is 0 Å². The quantitative estimate of drug-likeness (QED) is 0.624. The molecular formula is C20H22N2O3S. The summed E-state index contributed by atoms with van der Waals surface area (Å²) in [5.41, 5.74) is 3.69. The number of likely N-dealkylation sites (N-methyl/N-ethyl adjacent to an activating group) is 1. The van der Waals surface area contributed by atoms with E-state index < -0.39 is 0 Å². The normalized spacial score (nSPS) is 10.7. The van der Waals surface area contributed by atoms with Crippen LogP contribution in [0.1, 0.15) is 32.4 Å². The van der Waals surface area contributed by atoms with Crippen molar-refractivity contribution in [1.29, 1.82) is 0 Å². The van der Waals surface area contributed by atoms with Gasteiger partial charge in [0.05, 0.1) is 11.2 Å². The van der Waals surface area contributed by atoms with Crippen LogP contribution in [0.5, 0.6) is 5.75 Å². The van der Waals surface area contributed by atoms with Crippen LogP contribution in [0.15, 0.2) is 46.3 Å². The largest absolute Gasteiger partial charge is 0.486 e. The summed E-state index contributed by atoms with van der Waals surface area (Å²) in [5, 5.41) is 0. The number of amides is 1. The van der Waals surface area contributed by atoms with Crippen molar-refractivity contribution in [2.45, 2.75) is 26.9 Å². The zero-order chi connectivity index (χ0) is 18.5. The average Bonchev–Trinajstić information content (AvgIpc) is 3.23. The molecule has 0 radical (unpaired) electrons. The highest BCUT2D eigenvalue weighted by molar-refractivity contribution is 7.09. The molecule has 0 saturated carbocycles. The molecule has 0 saturated heterocycles. The van der Waals surface area contributed by atoms with Gasteiger partial charge < -0.3 is 14.1 Å². The highest BCUT2D eigenvalue weighted by Crippen LogP contribution is 2.20.